The van der Waals surface area contributed by atoms with Crippen LogP contribution in [-0.2, 0) is 9.53 Å². The molecule has 0 spiro atoms. The van der Waals surface area contributed by atoms with E-state index in [0.717, 1.165) is 16.0 Å². The number of amides is 3. The lowest BCUT2D eigenvalue weighted by molar-refractivity contribution is -0.119. The monoisotopic (exact) mass is 394 g/mol. The summed E-state index contributed by atoms with van der Waals surface area (Å²) in [5, 5.41) is 2.71. The van der Waals surface area contributed by atoms with Crippen LogP contribution in [0.5, 0.6) is 0 Å². The number of imide groups is 1. The number of ether oxygens (including phenoxy) is 1. The summed E-state index contributed by atoms with van der Waals surface area (Å²) in [7, 11) is 0. The largest absolute Gasteiger partial charge is 0.452 e. The zero-order valence-electron chi connectivity index (χ0n) is 16.7. The third-order valence-corrected chi connectivity index (χ3v) is 4.88. The summed E-state index contributed by atoms with van der Waals surface area (Å²) in [5.41, 5.74) is 3.15. The van der Waals surface area contributed by atoms with Gasteiger partial charge in [0.15, 0.2) is 6.61 Å². The number of benzene rings is 2. The van der Waals surface area contributed by atoms with Crippen LogP contribution in [0.15, 0.2) is 36.4 Å². The van der Waals surface area contributed by atoms with Gasteiger partial charge in [0.2, 0.25) is 0 Å². The quantitative estimate of drug-likeness (QED) is 0.621. The Hall–Kier alpha value is -3.48. The van der Waals surface area contributed by atoms with Crippen LogP contribution in [0.4, 0.5) is 5.69 Å². The number of hydrogen-bond donors (Lipinski definition) is 1. The average molecular weight is 394 g/mol. The summed E-state index contributed by atoms with van der Waals surface area (Å²) in [5.74, 6) is -2.03. The van der Waals surface area contributed by atoms with Crippen molar-refractivity contribution in [3.05, 3.63) is 64.2 Å². The van der Waals surface area contributed by atoms with Crippen molar-refractivity contribution in [3.63, 3.8) is 0 Å². The summed E-state index contributed by atoms with van der Waals surface area (Å²) < 4.78 is 5.07. The molecule has 1 aliphatic rings. The first kappa shape index (κ1) is 20.3. The molecule has 7 nitrogen and oxygen atoms in total. The van der Waals surface area contributed by atoms with Gasteiger partial charge < -0.3 is 10.1 Å². The van der Waals surface area contributed by atoms with Crippen LogP contribution in [0, 0.1) is 13.8 Å². The van der Waals surface area contributed by atoms with Crippen LogP contribution in [0.1, 0.15) is 56.0 Å². The Labute approximate surface area is 168 Å². The van der Waals surface area contributed by atoms with Crippen LogP contribution in [0.3, 0.4) is 0 Å². The first-order valence-corrected chi connectivity index (χ1v) is 9.26. The lowest BCUT2D eigenvalue weighted by Gasteiger charge is -2.17. The number of nitrogens with zero attached hydrogens (tertiary/aromatic N) is 1. The number of aryl methyl sites for hydroxylation is 1. The van der Waals surface area contributed by atoms with Gasteiger partial charge in [-0.1, -0.05) is 12.1 Å². The third kappa shape index (κ3) is 3.89. The second-order valence-electron chi connectivity index (χ2n) is 7.21. The molecule has 0 fully saturated rings. The van der Waals surface area contributed by atoms with Crippen molar-refractivity contribution in [3.8, 4) is 0 Å². The normalized spacial score (nSPS) is 12.9. The average Bonchev–Trinajstić information content (AvgIpc) is 2.93. The standard InChI is InChI=1S/C22H22N2O5/c1-12(2)24-20(26)16-9-8-15(10-17(16)21(24)27)22(28)29-11-19(25)23-18-7-5-6-13(3)14(18)4/h5-10,12H,11H2,1-4H3,(H,23,25). The van der Waals surface area contributed by atoms with E-state index in [4.69, 9.17) is 4.74 Å². The summed E-state index contributed by atoms with van der Waals surface area (Å²) >= 11 is 0. The molecule has 0 bridgehead atoms. The highest BCUT2D eigenvalue weighted by atomic mass is 16.5. The molecule has 0 aromatic heterocycles. The van der Waals surface area contributed by atoms with Crippen molar-refractivity contribution in [2.45, 2.75) is 33.7 Å². The van der Waals surface area contributed by atoms with Gasteiger partial charge in [-0.3, -0.25) is 19.3 Å². The number of esters is 1. The van der Waals surface area contributed by atoms with Gasteiger partial charge in [-0.15, -0.1) is 0 Å². The van der Waals surface area contributed by atoms with Gasteiger partial charge in [-0.2, -0.15) is 0 Å². The Balaban J connectivity index is 1.67. The highest BCUT2D eigenvalue weighted by Crippen LogP contribution is 2.26. The molecule has 2 aromatic carbocycles. The van der Waals surface area contributed by atoms with Crippen molar-refractivity contribution in [2.24, 2.45) is 0 Å². The van der Waals surface area contributed by atoms with Crippen molar-refractivity contribution >= 4 is 29.4 Å². The van der Waals surface area contributed by atoms with Crippen molar-refractivity contribution in [1.29, 1.82) is 0 Å². The topological polar surface area (TPSA) is 92.8 Å². The smallest absolute Gasteiger partial charge is 0.338 e. The molecule has 150 valence electrons. The van der Waals surface area contributed by atoms with E-state index >= 15 is 0 Å². The van der Waals surface area contributed by atoms with E-state index in [1.54, 1.807) is 19.9 Å². The number of hydrogen-bond acceptors (Lipinski definition) is 5. The van der Waals surface area contributed by atoms with Crippen molar-refractivity contribution in [2.75, 3.05) is 11.9 Å². The van der Waals surface area contributed by atoms with E-state index in [1.807, 2.05) is 26.0 Å². The molecule has 0 saturated heterocycles. The van der Waals surface area contributed by atoms with Gasteiger partial charge in [0.05, 0.1) is 16.7 Å². The molecule has 0 unspecified atom stereocenters. The number of anilines is 1. The van der Waals surface area contributed by atoms with E-state index in [2.05, 4.69) is 5.32 Å². The molecule has 0 atom stereocenters. The van der Waals surface area contributed by atoms with Crippen LogP contribution >= 0.6 is 0 Å². The molecule has 1 heterocycles. The summed E-state index contributed by atoms with van der Waals surface area (Å²) in [6.45, 7) is 6.84. The Morgan fingerprint density at radius 2 is 1.72 bits per heavy atom. The summed E-state index contributed by atoms with van der Waals surface area (Å²) in [6, 6.07) is 9.43. The Bertz CT molecular complexity index is 1030. The number of rotatable bonds is 5. The van der Waals surface area contributed by atoms with E-state index in [-0.39, 0.29) is 28.6 Å². The maximum atomic E-state index is 12.4. The minimum absolute atomic E-state index is 0.107. The minimum Gasteiger partial charge on any atom is -0.452 e. The fraction of sp³-hybridized carbons (Fsp3) is 0.273. The fourth-order valence-corrected chi connectivity index (χ4v) is 3.14. The molecule has 0 radical (unpaired) electrons. The molecule has 1 N–H and O–H groups in total. The van der Waals surface area contributed by atoms with Crippen LogP contribution in [-0.4, -0.2) is 41.2 Å². The van der Waals surface area contributed by atoms with Crippen molar-refractivity contribution < 1.29 is 23.9 Å². The van der Waals surface area contributed by atoms with Crippen LogP contribution in [0.2, 0.25) is 0 Å². The van der Waals surface area contributed by atoms with Gasteiger partial charge in [-0.25, -0.2) is 4.79 Å². The molecule has 29 heavy (non-hydrogen) atoms. The zero-order chi connectivity index (χ0) is 21.3. The van der Waals surface area contributed by atoms with E-state index in [0.29, 0.717) is 5.69 Å². The first-order valence-electron chi connectivity index (χ1n) is 9.26. The molecule has 1 aliphatic heterocycles. The lowest BCUT2D eigenvalue weighted by Crippen LogP contribution is -2.35. The second kappa shape index (κ2) is 7.87. The van der Waals surface area contributed by atoms with Crippen LogP contribution in [0.25, 0.3) is 0 Å². The summed E-state index contributed by atoms with van der Waals surface area (Å²) in [4.78, 5) is 50.3. The lowest BCUT2D eigenvalue weighted by atomic mass is 10.1. The predicted molar refractivity (Wildman–Crippen MR) is 107 cm³/mol. The molecule has 3 amide bonds. The van der Waals surface area contributed by atoms with Gasteiger partial charge in [0.25, 0.3) is 17.7 Å². The van der Waals surface area contributed by atoms with E-state index in [9.17, 15) is 19.2 Å². The second-order valence-corrected chi connectivity index (χ2v) is 7.21. The number of fused-ring (bicyclic) bond motifs is 1. The Morgan fingerprint density at radius 1 is 1.03 bits per heavy atom. The summed E-state index contributed by atoms with van der Waals surface area (Å²) in [6.07, 6.45) is 0. The predicted octanol–water partition coefficient (Wildman–Crippen LogP) is 3.10. The van der Waals surface area contributed by atoms with E-state index in [1.165, 1.54) is 18.2 Å². The zero-order valence-corrected chi connectivity index (χ0v) is 16.7. The maximum Gasteiger partial charge on any atom is 0.338 e. The number of carbonyl (C=O) groups excluding carboxylic acids is 4. The molecule has 7 heteroatoms. The highest BCUT2D eigenvalue weighted by Gasteiger charge is 2.37. The van der Waals surface area contributed by atoms with Crippen LogP contribution < -0.4 is 5.32 Å². The number of carbonyl (C=O) groups is 4. The maximum absolute atomic E-state index is 12.4. The Morgan fingerprint density at radius 3 is 2.41 bits per heavy atom. The van der Waals surface area contributed by atoms with Gasteiger partial charge in [0, 0.05) is 11.7 Å². The minimum atomic E-state index is -0.743. The van der Waals surface area contributed by atoms with Gasteiger partial charge >= 0.3 is 5.97 Å². The Kier molecular flexibility index (Phi) is 5.50. The van der Waals surface area contributed by atoms with Gasteiger partial charge in [0.1, 0.15) is 0 Å². The number of nitrogens with one attached hydrogen (secondary N) is 1. The fourth-order valence-electron chi connectivity index (χ4n) is 3.14. The molecule has 3 rings (SSSR count). The molecule has 0 aliphatic carbocycles. The SMILES string of the molecule is Cc1cccc(NC(=O)COC(=O)c2ccc3c(c2)C(=O)N(C(C)C)C3=O)c1C. The van der Waals surface area contributed by atoms with Crippen molar-refractivity contribution in [1.82, 2.24) is 4.90 Å². The molecular formula is C22H22N2O5. The molecular weight excluding hydrogens is 372 g/mol. The van der Waals surface area contributed by atoms with Gasteiger partial charge in [-0.05, 0) is 63.1 Å². The van der Waals surface area contributed by atoms with E-state index < -0.39 is 24.4 Å². The molecule has 0 saturated carbocycles. The third-order valence-electron chi connectivity index (χ3n) is 4.88. The molecule has 2 aromatic rings. The highest BCUT2D eigenvalue weighted by molar-refractivity contribution is 6.22. The first-order chi connectivity index (χ1) is 13.7.